The lowest BCUT2D eigenvalue weighted by molar-refractivity contribution is 0.0987. The van der Waals surface area contributed by atoms with Gasteiger partial charge in [0.25, 0.3) is 5.91 Å². The highest BCUT2D eigenvalue weighted by Crippen LogP contribution is 2.24. The molecule has 0 fully saturated rings. The van der Waals surface area contributed by atoms with Gasteiger partial charge in [0, 0.05) is 10.0 Å². The van der Waals surface area contributed by atoms with Crippen molar-refractivity contribution in [2.24, 2.45) is 0 Å². The molecule has 0 unspecified atom stereocenters. The minimum atomic E-state index is -0.300. The molecule has 5 heteroatoms. The van der Waals surface area contributed by atoms with Gasteiger partial charge < -0.3 is 9.84 Å². The fourth-order valence-corrected chi connectivity index (χ4v) is 1.77. The Kier molecular flexibility index (Phi) is 3.28. The maximum Gasteiger partial charge on any atom is 0.294 e. The van der Waals surface area contributed by atoms with E-state index < -0.39 is 0 Å². The van der Waals surface area contributed by atoms with Crippen molar-refractivity contribution in [2.75, 3.05) is 5.32 Å². The molecule has 0 saturated heterocycles. The van der Waals surface area contributed by atoms with Crippen LogP contribution in [0.4, 0.5) is 5.69 Å². The van der Waals surface area contributed by atoms with Crippen LogP contribution in [0, 0.1) is 13.8 Å². The zero-order valence-electron chi connectivity index (χ0n) is 9.45. The van der Waals surface area contributed by atoms with E-state index in [9.17, 15) is 4.79 Å². The normalized spacial score (nSPS) is 10.3. The van der Waals surface area contributed by atoms with Gasteiger partial charge in [-0.3, -0.25) is 4.79 Å². The van der Waals surface area contributed by atoms with Gasteiger partial charge >= 0.3 is 0 Å². The second kappa shape index (κ2) is 4.71. The number of rotatable bonds is 2. The molecule has 88 valence electrons. The smallest absolute Gasteiger partial charge is 0.294 e. The fraction of sp³-hybridized carbons (Fsp3) is 0.167. The SMILES string of the molecule is Cc1ccc(Br)c(NC(=O)c2oncc2C)c1. The van der Waals surface area contributed by atoms with E-state index in [2.05, 4.69) is 26.4 Å². The van der Waals surface area contributed by atoms with Crippen molar-refractivity contribution in [1.82, 2.24) is 5.16 Å². The summed E-state index contributed by atoms with van der Waals surface area (Å²) >= 11 is 3.38. The first-order chi connectivity index (χ1) is 8.08. The standard InChI is InChI=1S/C12H11BrN2O2/c1-7-3-4-9(13)10(5-7)15-12(16)11-8(2)6-14-17-11/h3-6H,1-2H3,(H,15,16). The Hall–Kier alpha value is -1.62. The van der Waals surface area contributed by atoms with E-state index in [4.69, 9.17) is 4.52 Å². The Morgan fingerprint density at radius 3 is 2.82 bits per heavy atom. The van der Waals surface area contributed by atoms with Gasteiger partial charge in [0.05, 0.1) is 11.9 Å². The van der Waals surface area contributed by atoms with E-state index >= 15 is 0 Å². The van der Waals surface area contributed by atoms with Crippen LogP contribution < -0.4 is 5.32 Å². The zero-order chi connectivity index (χ0) is 12.4. The molecule has 1 aromatic carbocycles. The van der Waals surface area contributed by atoms with Gasteiger partial charge in [-0.1, -0.05) is 11.2 Å². The van der Waals surface area contributed by atoms with Crippen LogP contribution in [0.2, 0.25) is 0 Å². The van der Waals surface area contributed by atoms with Gasteiger partial charge in [-0.25, -0.2) is 0 Å². The Labute approximate surface area is 107 Å². The molecule has 0 aliphatic heterocycles. The van der Waals surface area contributed by atoms with Crippen molar-refractivity contribution in [1.29, 1.82) is 0 Å². The first-order valence-corrected chi connectivity index (χ1v) is 5.86. The van der Waals surface area contributed by atoms with Crippen LogP contribution in [-0.4, -0.2) is 11.1 Å². The maximum atomic E-state index is 11.9. The highest BCUT2D eigenvalue weighted by atomic mass is 79.9. The van der Waals surface area contributed by atoms with E-state index in [0.717, 1.165) is 10.0 Å². The second-order valence-electron chi connectivity index (χ2n) is 3.78. The number of hydrogen-bond acceptors (Lipinski definition) is 3. The van der Waals surface area contributed by atoms with Crippen LogP contribution in [0.25, 0.3) is 0 Å². The average Bonchev–Trinajstić information content (AvgIpc) is 2.70. The second-order valence-corrected chi connectivity index (χ2v) is 4.63. The third-order valence-corrected chi connectivity index (χ3v) is 3.02. The van der Waals surface area contributed by atoms with E-state index in [1.165, 1.54) is 6.20 Å². The molecule has 2 rings (SSSR count). The maximum absolute atomic E-state index is 11.9. The summed E-state index contributed by atoms with van der Waals surface area (Å²) in [6.07, 6.45) is 1.51. The summed E-state index contributed by atoms with van der Waals surface area (Å²) in [5, 5.41) is 6.35. The predicted octanol–water partition coefficient (Wildman–Crippen LogP) is 3.31. The third kappa shape index (κ3) is 2.55. The van der Waals surface area contributed by atoms with Crippen LogP contribution in [0.3, 0.4) is 0 Å². The summed E-state index contributed by atoms with van der Waals surface area (Å²) in [6.45, 7) is 3.73. The number of nitrogens with zero attached hydrogens (tertiary/aromatic N) is 1. The minimum Gasteiger partial charge on any atom is -0.351 e. The Balaban J connectivity index is 2.24. The molecule has 0 bridgehead atoms. The van der Waals surface area contributed by atoms with Gasteiger partial charge in [0.1, 0.15) is 0 Å². The Morgan fingerprint density at radius 2 is 2.18 bits per heavy atom. The summed E-state index contributed by atoms with van der Waals surface area (Å²) in [6, 6.07) is 5.73. The van der Waals surface area contributed by atoms with Crippen molar-refractivity contribution in [3.8, 4) is 0 Å². The number of carbonyl (C=O) groups excluding carboxylic acids is 1. The number of aromatic nitrogens is 1. The summed E-state index contributed by atoms with van der Waals surface area (Å²) in [4.78, 5) is 11.9. The highest BCUT2D eigenvalue weighted by molar-refractivity contribution is 9.10. The quantitative estimate of drug-likeness (QED) is 0.924. The molecule has 4 nitrogen and oxygen atoms in total. The number of carbonyl (C=O) groups is 1. The molecular formula is C12H11BrN2O2. The summed E-state index contributed by atoms with van der Waals surface area (Å²) in [7, 11) is 0. The molecule has 2 aromatic rings. The number of aryl methyl sites for hydroxylation is 2. The van der Waals surface area contributed by atoms with Gasteiger partial charge in [-0.2, -0.15) is 0 Å². The lowest BCUT2D eigenvalue weighted by atomic mass is 10.2. The topological polar surface area (TPSA) is 55.1 Å². The van der Waals surface area contributed by atoms with Crippen LogP contribution >= 0.6 is 15.9 Å². The summed E-state index contributed by atoms with van der Waals surface area (Å²) in [5.41, 5.74) is 2.50. The first-order valence-electron chi connectivity index (χ1n) is 5.06. The molecule has 0 radical (unpaired) electrons. The Bertz CT molecular complexity index is 563. The molecule has 17 heavy (non-hydrogen) atoms. The molecule has 0 aliphatic carbocycles. The lowest BCUT2D eigenvalue weighted by Crippen LogP contribution is -2.12. The van der Waals surface area contributed by atoms with Gasteiger partial charge in [-0.05, 0) is 47.5 Å². The summed E-state index contributed by atoms with van der Waals surface area (Å²) < 4.78 is 5.72. The van der Waals surface area contributed by atoms with Crippen LogP contribution in [0.1, 0.15) is 21.7 Å². The van der Waals surface area contributed by atoms with E-state index in [1.54, 1.807) is 6.92 Å². The number of amides is 1. The molecular weight excluding hydrogens is 284 g/mol. The lowest BCUT2D eigenvalue weighted by Gasteiger charge is -2.06. The Morgan fingerprint density at radius 1 is 1.41 bits per heavy atom. The van der Waals surface area contributed by atoms with Crippen LogP contribution in [0.5, 0.6) is 0 Å². The number of nitrogens with one attached hydrogen (secondary N) is 1. The number of hydrogen-bond donors (Lipinski definition) is 1. The average molecular weight is 295 g/mol. The monoisotopic (exact) mass is 294 g/mol. The van der Waals surface area contributed by atoms with Crippen molar-refractivity contribution in [3.63, 3.8) is 0 Å². The van der Waals surface area contributed by atoms with Crippen molar-refractivity contribution >= 4 is 27.5 Å². The van der Waals surface area contributed by atoms with Crippen molar-refractivity contribution < 1.29 is 9.32 Å². The fourth-order valence-electron chi connectivity index (χ4n) is 1.42. The van der Waals surface area contributed by atoms with Gasteiger partial charge in [0.15, 0.2) is 0 Å². The molecule has 0 saturated carbocycles. The number of benzene rings is 1. The van der Waals surface area contributed by atoms with Crippen molar-refractivity contribution in [3.05, 3.63) is 45.8 Å². The predicted molar refractivity (Wildman–Crippen MR) is 68.1 cm³/mol. The van der Waals surface area contributed by atoms with E-state index in [1.807, 2.05) is 25.1 Å². The largest absolute Gasteiger partial charge is 0.351 e. The molecule has 0 spiro atoms. The number of anilines is 1. The zero-order valence-corrected chi connectivity index (χ0v) is 11.0. The van der Waals surface area contributed by atoms with Crippen LogP contribution in [-0.2, 0) is 0 Å². The van der Waals surface area contributed by atoms with E-state index in [0.29, 0.717) is 11.3 Å². The highest BCUT2D eigenvalue weighted by Gasteiger charge is 2.15. The molecule has 1 N–H and O–H groups in total. The number of halogens is 1. The van der Waals surface area contributed by atoms with Crippen LogP contribution in [0.15, 0.2) is 33.4 Å². The molecule has 0 atom stereocenters. The summed E-state index contributed by atoms with van der Waals surface area (Å²) in [5.74, 6) is -0.0651. The molecule has 1 aromatic heterocycles. The van der Waals surface area contributed by atoms with E-state index in [-0.39, 0.29) is 11.7 Å². The third-order valence-electron chi connectivity index (χ3n) is 2.32. The van der Waals surface area contributed by atoms with Gasteiger partial charge in [0.2, 0.25) is 5.76 Å². The molecule has 1 amide bonds. The first kappa shape index (κ1) is 11.9. The van der Waals surface area contributed by atoms with Gasteiger partial charge in [-0.15, -0.1) is 0 Å². The molecule has 0 aliphatic rings. The van der Waals surface area contributed by atoms with Crippen molar-refractivity contribution in [2.45, 2.75) is 13.8 Å². The minimum absolute atomic E-state index is 0.235. The molecule has 1 heterocycles.